The van der Waals surface area contributed by atoms with E-state index in [9.17, 15) is 4.79 Å². The summed E-state index contributed by atoms with van der Waals surface area (Å²) in [6, 6.07) is 14.6. The van der Waals surface area contributed by atoms with E-state index in [1.165, 1.54) is 36.5 Å². The smallest absolute Gasteiger partial charge is 0.366 e. The Morgan fingerprint density at radius 1 is 0.944 bits per heavy atom. The molecular weight excluding hydrogens is 454 g/mol. The number of nitrogens with zero attached hydrogens (tertiary/aromatic N) is 1. The fourth-order valence-electron chi connectivity index (χ4n) is 4.32. The molecule has 0 aliphatic carbocycles. The molecule has 1 aliphatic rings. The minimum Gasteiger partial charge on any atom is -0.462 e. The number of hydrogen-bond acceptors (Lipinski definition) is 6. The topological polar surface area (TPSA) is 66.4 Å². The van der Waals surface area contributed by atoms with Gasteiger partial charge in [-0.1, -0.05) is 80.6 Å². The minimum absolute atomic E-state index is 0.271. The third-order valence-corrected chi connectivity index (χ3v) is 6.76. The van der Waals surface area contributed by atoms with Gasteiger partial charge in [-0.05, 0) is 55.0 Å². The van der Waals surface area contributed by atoms with Gasteiger partial charge >= 0.3 is 5.97 Å². The molecule has 0 N–H and O–H groups in total. The number of hydrogen-bond donors (Lipinski definition) is 0. The van der Waals surface area contributed by atoms with Crippen LogP contribution in [0.5, 0.6) is 0 Å². The lowest BCUT2D eigenvalue weighted by molar-refractivity contribution is -0.274. The van der Waals surface area contributed by atoms with Crippen molar-refractivity contribution < 1.29 is 23.8 Å². The van der Waals surface area contributed by atoms with Crippen molar-refractivity contribution in [2.45, 2.75) is 84.3 Å². The zero-order chi connectivity index (χ0) is 25.6. The summed E-state index contributed by atoms with van der Waals surface area (Å²) >= 11 is 0. The van der Waals surface area contributed by atoms with E-state index in [1.807, 2.05) is 19.1 Å². The molecule has 1 fully saturated rings. The zero-order valence-electron chi connectivity index (χ0n) is 22.3. The molecule has 1 saturated heterocycles. The Bertz CT molecular complexity index is 965. The average molecular weight is 498 g/mol. The first-order valence-electron chi connectivity index (χ1n) is 13.6. The van der Waals surface area contributed by atoms with Gasteiger partial charge < -0.3 is 19.0 Å². The largest absolute Gasteiger partial charge is 0.462 e. The molecule has 0 saturated carbocycles. The predicted octanol–water partition coefficient (Wildman–Crippen LogP) is 7.03. The van der Waals surface area contributed by atoms with Gasteiger partial charge in [-0.15, -0.1) is 0 Å². The molecule has 0 amide bonds. The maximum Gasteiger partial charge on any atom is 0.366 e. The quantitative estimate of drug-likeness (QED) is 0.114. The number of oxime groups is 1. The first kappa shape index (κ1) is 28.1. The molecule has 36 heavy (non-hydrogen) atoms. The second-order valence-electron chi connectivity index (χ2n) is 9.91. The Labute approximate surface area is 216 Å². The Kier molecular flexibility index (Phi) is 11.7. The van der Waals surface area contributed by atoms with Crippen LogP contribution in [0.2, 0.25) is 0 Å². The third-order valence-electron chi connectivity index (χ3n) is 6.76. The lowest BCUT2D eigenvalue weighted by atomic mass is 10.0. The Morgan fingerprint density at radius 2 is 1.64 bits per heavy atom. The number of carbonyl (C=O) groups excluding carboxylic acids is 1. The maximum absolute atomic E-state index is 12.4. The molecule has 0 atom stereocenters. The van der Waals surface area contributed by atoms with Crippen LogP contribution >= 0.6 is 0 Å². The van der Waals surface area contributed by atoms with E-state index in [-0.39, 0.29) is 5.92 Å². The molecule has 1 aliphatic heterocycles. The number of benzene rings is 2. The molecule has 3 rings (SSSR count). The van der Waals surface area contributed by atoms with Crippen molar-refractivity contribution in [2.75, 3.05) is 26.4 Å². The molecular formula is C30H43NO5. The summed E-state index contributed by atoms with van der Waals surface area (Å²) in [4.78, 5) is 18.0. The summed E-state index contributed by atoms with van der Waals surface area (Å²) in [6.07, 6.45) is 9.78. The highest BCUT2D eigenvalue weighted by atomic mass is 16.7. The first-order chi connectivity index (χ1) is 17.5. The summed E-state index contributed by atoms with van der Waals surface area (Å²) in [5.74, 6) is -1.42. The van der Waals surface area contributed by atoms with Gasteiger partial charge in [0.1, 0.15) is 6.61 Å². The van der Waals surface area contributed by atoms with Crippen molar-refractivity contribution >= 4 is 22.5 Å². The summed E-state index contributed by atoms with van der Waals surface area (Å²) in [6.45, 7) is 7.84. The fraction of sp³-hybridized carbons (Fsp3) is 0.600. The summed E-state index contributed by atoms with van der Waals surface area (Å²) in [5, 5.41) is 6.71. The van der Waals surface area contributed by atoms with Gasteiger partial charge in [0.15, 0.2) is 0 Å². The first-order valence-corrected chi connectivity index (χ1v) is 13.6. The van der Waals surface area contributed by atoms with Crippen LogP contribution in [0, 0.1) is 5.92 Å². The van der Waals surface area contributed by atoms with E-state index in [4.69, 9.17) is 19.0 Å². The number of fused-ring (bicyclic) bond motifs is 1. The highest BCUT2D eigenvalue weighted by molar-refractivity contribution is 6.01. The van der Waals surface area contributed by atoms with E-state index in [0.717, 1.165) is 43.4 Å². The molecule has 2 aromatic rings. The molecule has 1 heterocycles. The predicted molar refractivity (Wildman–Crippen MR) is 144 cm³/mol. The summed E-state index contributed by atoms with van der Waals surface area (Å²) in [5.41, 5.74) is 1.94. The minimum atomic E-state index is -1.28. The van der Waals surface area contributed by atoms with Gasteiger partial charge in [0.25, 0.3) is 5.79 Å². The van der Waals surface area contributed by atoms with E-state index < -0.39 is 11.8 Å². The van der Waals surface area contributed by atoms with Crippen molar-refractivity contribution in [3.05, 3.63) is 48.0 Å². The maximum atomic E-state index is 12.4. The van der Waals surface area contributed by atoms with Crippen molar-refractivity contribution in [1.29, 1.82) is 0 Å². The molecule has 2 aromatic carbocycles. The molecule has 6 heteroatoms. The summed E-state index contributed by atoms with van der Waals surface area (Å²) < 4.78 is 17.0. The standard InChI is InChI=1S/C30H43NO5/c1-4-5-6-7-8-12-19-33-29(32)30(3)34-22-25(23-35-30)14-11-13-20-36-31-24(2)27-18-17-26-15-9-10-16-28(26)21-27/h9-10,15-18,21,25H,4-8,11-14,19-20,22-23H2,1-3H3. The zero-order valence-corrected chi connectivity index (χ0v) is 22.3. The van der Waals surface area contributed by atoms with Gasteiger partial charge in [-0.2, -0.15) is 0 Å². The molecule has 0 spiro atoms. The molecule has 0 unspecified atom stereocenters. The van der Waals surface area contributed by atoms with Crippen molar-refractivity contribution in [3.8, 4) is 0 Å². The molecule has 0 bridgehead atoms. The highest BCUT2D eigenvalue weighted by Crippen LogP contribution is 2.26. The van der Waals surface area contributed by atoms with Gasteiger partial charge in [-0.3, -0.25) is 0 Å². The van der Waals surface area contributed by atoms with Gasteiger partial charge in [0, 0.05) is 12.8 Å². The van der Waals surface area contributed by atoms with Crippen molar-refractivity contribution in [2.24, 2.45) is 11.1 Å². The second kappa shape index (κ2) is 15.0. The Hall–Kier alpha value is -2.44. The number of unbranched alkanes of at least 4 members (excludes halogenated alkanes) is 6. The van der Waals surface area contributed by atoms with E-state index in [0.29, 0.717) is 26.4 Å². The van der Waals surface area contributed by atoms with Crippen LogP contribution in [0.1, 0.15) is 84.1 Å². The van der Waals surface area contributed by atoms with Crippen LogP contribution in [0.25, 0.3) is 10.8 Å². The van der Waals surface area contributed by atoms with Crippen LogP contribution in [0.3, 0.4) is 0 Å². The van der Waals surface area contributed by atoms with Crippen LogP contribution < -0.4 is 0 Å². The van der Waals surface area contributed by atoms with E-state index >= 15 is 0 Å². The Balaban J connectivity index is 1.26. The second-order valence-corrected chi connectivity index (χ2v) is 9.91. The van der Waals surface area contributed by atoms with Gasteiger partial charge in [0.05, 0.1) is 25.5 Å². The normalized spacial score (nSPS) is 20.4. The van der Waals surface area contributed by atoms with Crippen LogP contribution in [-0.4, -0.2) is 43.9 Å². The third kappa shape index (κ3) is 8.90. The van der Waals surface area contributed by atoms with Gasteiger partial charge in [0.2, 0.25) is 0 Å². The average Bonchev–Trinajstić information content (AvgIpc) is 2.90. The number of esters is 1. The van der Waals surface area contributed by atoms with Gasteiger partial charge in [-0.25, -0.2) is 4.79 Å². The molecule has 6 nitrogen and oxygen atoms in total. The molecule has 198 valence electrons. The SMILES string of the molecule is CCCCCCCCOC(=O)C1(C)OCC(CCCCON=C(C)c2ccc3ccccc3c2)CO1. The Morgan fingerprint density at radius 3 is 2.42 bits per heavy atom. The highest BCUT2D eigenvalue weighted by Gasteiger charge is 2.41. The lowest BCUT2D eigenvalue weighted by Gasteiger charge is -2.35. The number of ether oxygens (including phenoxy) is 3. The fourth-order valence-corrected chi connectivity index (χ4v) is 4.32. The van der Waals surface area contributed by atoms with E-state index in [1.54, 1.807) is 6.92 Å². The molecule has 0 aromatic heterocycles. The lowest BCUT2D eigenvalue weighted by Crippen LogP contribution is -2.48. The van der Waals surface area contributed by atoms with Crippen molar-refractivity contribution in [3.63, 3.8) is 0 Å². The number of carbonyl (C=O) groups is 1. The molecule has 0 radical (unpaired) electrons. The monoisotopic (exact) mass is 497 g/mol. The summed E-state index contributed by atoms with van der Waals surface area (Å²) in [7, 11) is 0. The van der Waals surface area contributed by atoms with Crippen LogP contribution in [0.15, 0.2) is 47.6 Å². The van der Waals surface area contributed by atoms with Crippen LogP contribution in [0.4, 0.5) is 0 Å². The van der Waals surface area contributed by atoms with Crippen LogP contribution in [-0.2, 0) is 23.8 Å². The van der Waals surface area contributed by atoms with Crippen molar-refractivity contribution in [1.82, 2.24) is 0 Å². The van der Waals surface area contributed by atoms with E-state index in [2.05, 4.69) is 42.4 Å². The number of rotatable bonds is 15.